The van der Waals surface area contributed by atoms with Gasteiger partial charge in [-0.25, -0.2) is 0 Å². The van der Waals surface area contributed by atoms with Gasteiger partial charge in [-0.05, 0) is 49.4 Å². The van der Waals surface area contributed by atoms with E-state index >= 15 is 0 Å². The second kappa shape index (κ2) is 2.25. The lowest BCUT2D eigenvalue weighted by Crippen LogP contribution is -2.52. The fourth-order valence-corrected chi connectivity index (χ4v) is 6.00. The van der Waals surface area contributed by atoms with E-state index in [4.69, 9.17) is 4.74 Å². The van der Waals surface area contributed by atoms with E-state index in [2.05, 4.69) is 27.7 Å². The summed E-state index contributed by atoms with van der Waals surface area (Å²) in [6, 6.07) is 0. The molecule has 0 aromatic carbocycles. The van der Waals surface area contributed by atoms with E-state index in [1.165, 1.54) is 32.1 Å². The van der Waals surface area contributed by atoms with Crippen LogP contribution < -0.4 is 0 Å². The van der Waals surface area contributed by atoms with Crippen LogP contribution in [0, 0.1) is 22.7 Å². The molecule has 0 aromatic rings. The molecule has 4 aliphatic rings. The Balaban J connectivity index is 1.90. The minimum Gasteiger partial charge on any atom is -0.362 e. The molecule has 2 bridgehead atoms. The van der Waals surface area contributed by atoms with Gasteiger partial charge >= 0.3 is 0 Å². The van der Waals surface area contributed by atoms with E-state index < -0.39 is 0 Å². The summed E-state index contributed by atoms with van der Waals surface area (Å²) in [5.41, 5.74) is 1.55. The Morgan fingerprint density at radius 2 is 1.81 bits per heavy atom. The van der Waals surface area contributed by atoms with Crippen LogP contribution in [0.3, 0.4) is 0 Å². The van der Waals surface area contributed by atoms with Gasteiger partial charge in [0.2, 0.25) is 0 Å². The Morgan fingerprint density at radius 1 is 1.06 bits per heavy atom. The predicted octanol–water partition coefficient (Wildman–Crippen LogP) is 3.77. The van der Waals surface area contributed by atoms with Crippen LogP contribution in [0.5, 0.6) is 0 Å². The van der Waals surface area contributed by atoms with Crippen molar-refractivity contribution >= 4 is 0 Å². The van der Waals surface area contributed by atoms with Gasteiger partial charge < -0.3 is 4.74 Å². The molecule has 1 saturated heterocycles. The van der Waals surface area contributed by atoms with Crippen molar-refractivity contribution in [2.75, 3.05) is 0 Å². The molecule has 0 radical (unpaired) electrons. The zero-order valence-electron chi connectivity index (χ0n) is 11.1. The van der Waals surface area contributed by atoms with Gasteiger partial charge in [0.15, 0.2) is 0 Å². The number of hydrogen-bond acceptors (Lipinski definition) is 1. The zero-order chi connectivity index (χ0) is 11.4. The van der Waals surface area contributed by atoms with Gasteiger partial charge in [0.1, 0.15) is 11.2 Å². The molecule has 0 aromatic heterocycles. The fraction of sp³-hybridized carbons (Fsp3) is 1.00. The van der Waals surface area contributed by atoms with Crippen molar-refractivity contribution in [1.29, 1.82) is 0 Å². The highest BCUT2D eigenvalue weighted by molar-refractivity contribution is 5.35. The van der Waals surface area contributed by atoms with Gasteiger partial charge in [-0.3, -0.25) is 0 Å². The topological polar surface area (TPSA) is 12.5 Å². The van der Waals surface area contributed by atoms with Crippen molar-refractivity contribution in [2.45, 2.75) is 71.0 Å². The van der Waals surface area contributed by atoms with Crippen molar-refractivity contribution in [3.05, 3.63) is 0 Å². The molecule has 16 heavy (non-hydrogen) atoms. The summed E-state index contributed by atoms with van der Waals surface area (Å²) in [4.78, 5) is 0. The molecule has 1 heterocycles. The van der Waals surface area contributed by atoms with Gasteiger partial charge in [0.05, 0.1) is 0 Å². The average molecular weight is 220 g/mol. The van der Waals surface area contributed by atoms with E-state index in [0.717, 1.165) is 11.8 Å². The number of epoxide rings is 1. The molecule has 0 amide bonds. The second-order valence-corrected chi connectivity index (χ2v) is 7.75. The van der Waals surface area contributed by atoms with Crippen LogP contribution in [-0.2, 0) is 4.74 Å². The largest absolute Gasteiger partial charge is 0.362 e. The molecule has 4 rings (SSSR count). The summed E-state index contributed by atoms with van der Waals surface area (Å²) in [5, 5.41) is 0. The molecule has 3 saturated carbocycles. The molecule has 0 N–H and O–H groups in total. The maximum absolute atomic E-state index is 6.47. The van der Waals surface area contributed by atoms with Crippen molar-refractivity contribution in [3.63, 3.8) is 0 Å². The molecule has 0 spiro atoms. The van der Waals surface area contributed by atoms with Crippen LogP contribution in [0.1, 0.15) is 59.8 Å². The van der Waals surface area contributed by atoms with Crippen LogP contribution in [0.15, 0.2) is 0 Å². The van der Waals surface area contributed by atoms with Crippen LogP contribution >= 0.6 is 0 Å². The predicted molar refractivity (Wildman–Crippen MR) is 64.2 cm³/mol. The van der Waals surface area contributed by atoms with Gasteiger partial charge in [-0.15, -0.1) is 0 Å². The number of fused-ring (bicyclic) bond motifs is 2. The van der Waals surface area contributed by atoms with Crippen molar-refractivity contribution in [3.8, 4) is 0 Å². The van der Waals surface area contributed by atoms with Crippen LogP contribution in [-0.4, -0.2) is 11.2 Å². The lowest BCUT2D eigenvalue weighted by Gasteiger charge is -2.50. The van der Waals surface area contributed by atoms with Gasteiger partial charge in [-0.1, -0.05) is 27.7 Å². The number of rotatable bonds is 0. The summed E-state index contributed by atoms with van der Waals surface area (Å²) in [7, 11) is 0. The summed E-state index contributed by atoms with van der Waals surface area (Å²) in [6.07, 6.45) is 6.94. The van der Waals surface area contributed by atoms with Crippen molar-refractivity contribution in [2.24, 2.45) is 22.7 Å². The highest BCUT2D eigenvalue weighted by atomic mass is 16.6. The summed E-state index contributed by atoms with van der Waals surface area (Å²) < 4.78 is 6.47. The lowest BCUT2D eigenvalue weighted by atomic mass is 9.51. The lowest BCUT2D eigenvalue weighted by molar-refractivity contribution is -0.00909. The summed E-state index contributed by atoms with van der Waals surface area (Å²) in [5.74, 6) is 1.72. The first-order chi connectivity index (χ1) is 7.40. The Morgan fingerprint density at radius 3 is 2.56 bits per heavy atom. The average Bonchev–Trinajstić information content (AvgIpc) is 2.77. The molecular weight excluding hydrogens is 196 g/mol. The molecular formula is C15H24O. The quantitative estimate of drug-likeness (QED) is 0.566. The minimum atomic E-state index is 0.288. The third kappa shape index (κ3) is 0.652. The fourth-order valence-electron chi connectivity index (χ4n) is 6.00. The Bertz CT molecular complexity index is 374. The molecule has 3 aliphatic carbocycles. The first kappa shape index (κ1) is 9.94. The van der Waals surface area contributed by atoms with Crippen molar-refractivity contribution < 1.29 is 4.74 Å². The van der Waals surface area contributed by atoms with Crippen LogP contribution in [0.4, 0.5) is 0 Å². The molecule has 1 nitrogen and oxygen atoms in total. The van der Waals surface area contributed by atoms with E-state index in [1.807, 2.05) is 0 Å². The Labute approximate surface area is 98.9 Å². The summed E-state index contributed by atoms with van der Waals surface area (Å²) >= 11 is 0. The second-order valence-electron chi connectivity index (χ2n) is 7.75. The molecule has 5 atom stereocenters. The first-order valence-corrected chi connectivity index (χ1v) is 7.10. The normalized spacial score (nSPS) is 65.2. The highest BCUT2D eigenvalue weighted by Gasteiger charge is 2.87. The first-order valence-electron chi connectivity index (χ1n) is 7.10. The van der Waals surface area contributed by atoms with Gasteiger partial charge in [0, 0.05) is 5.41 Å². The number of hydrogen-bond donors (Lipinski definition) is 0. The molecule has 90 valence electrons. The highest BCUT2D eigenvalue weighted by Crippen LogP contribution is 2.83. The molecule has 1 aliphatic heterocycles. The number of ether oxygens (including phenoxy) is 1. The van der Waals surface area contributed by atoms with E-state index in [1.54, 1.807) is 0 Å². The minimum absolute atomic E-state index is 0.288. The Kier molecular flexibility index (Phi) is 1.40. The standard InChI is InChI=1S/C15H24O/c1-10-5-8-15-13(4)7-6-11(12(13,2)3)9-14(10,15)16-15/h10-11H,5-9H2,1-4H3. The third-order valence-electron chi connectivity index (χ3n) is 7.60. The van der Waals surface area contributed by atoms with Gasteiger partial charge in [0.25, 0.3) is 0 Å². The monoisotopic (exact) mass is 220 g/mol. The smallest absolute Gasteiger partial charge is 0.104 e. The van der Waals surface area contributed by atoms with Crippen molar-refractivity contribution in [1.82, 2.24) is 0 Å². The van der Waals surface area contributed by atoms with Gasteiger partial charge in [-0.2, -0.15) is 0 Å². The maximum Gasteiger partial charge on any atom is 0.104 e. The zero-order valence-corrected chi connectivity index (χ0v) is 11.1. The van der Waals surface area contributed by atoms with E-state index in [0.29, 0.717) is 16.4 Å². The Hall–Kier alpha value is -0.0400. The third-order valence-corrected chi connectivity index (χ3v) is 7.60. The van der Waals surface area contributed by atoms with E-state index in [-0.39, 0.29) is 5.60 Å². The molecule has 4 fully saturated rings. The maximum atomic E-state index is 6.47. The van der Waals surface area contributed by atoms with Crippen LogP contribution in [0.25, 0.3) is 0 Å². The summed E-state index contributed by atoms with van der Waals surface area (Å²) in [6.45, 7) is 9.98. The van der Waals surface area contributed by atoms with E-state index in [9.17, 15) is 0 Å². The van der Waals surface area contributed by atoms with Crippen LogP contribution in [0.2, 0.25) is 0 Å². The SMILES string of the molecule is CC1CCC23OC12CC1CCC3(C)C1(C)C. The molecule has 1 heteroatoms. The molecule has 5 unspecified atom stereocenters.